The van der Waals surface area contributed by atoms with Crippen molar-refractivity contribution in [2.24, 2.45) is 22.8 Å². The van der Waals surface area contributed by atoms with Gasteiger partial charge in [-0.15, -0.1) is 0 Å². The molecule has 1 aromatic rings. The predicted molar refractivity (Wildman–Crippen MR) is 79.4 cm³/mol. The molecule has 0 aliphatic carbocycles. The Bertz CT molecular complexity index is 352. The van der Waals surface area contributed by atoms with Gasteiger partial charge in [0.05, 0.1) is 0 Å². The maximum absolute atomic E-state index is 6.25. The van der Waals surface area contributed by atoms with Gasteiger partial charge in [0, 0.05) is 6.04 Å². The Labute approximate surface area is 112 Å². The second-order valence-corrected chi connectivity index (χ2v) is 6.52. The van der Waals surface area contributed by atoms with Gasteiger partial charge in [0.1, 0.15) is 0 Å². The largest absolute Gasteiger partial charge is 0.330 e. The van der Waals surface area contributed by atoms with Crippen LogP contribution in [0, 0.1) is 11.3 Å². The standard InChI is InChI=1S/C16H28N2/c1-12(2)9-13-5-7-14(8-6-13)15(18)10-16(3,4)11-17/h5-8,12,15H,9-11,17-18H2,1-4H3. The van der Waals surface area contributed by atoms with Crippen molar-refractivity contribution < 1.29 is 0 Å². The van der Waals surface area contributed by atoms with Crippen LogP contribution < -0.4 is 11.5 Å². The SMILES string of the molecule is CC(C)Cc1ccc(C(N)CC(C)(C)CN)cc1. The zero-order valence-electron chi connectivity index (χ0n) is 12.2. The molecule has 4 N–H and O–H groups in total. The fourth-order valence-electron chi connectivity index (χ4n) is 2.17. The van der Waals surface area contributed by atoms with Gasteiger partial charge in [-0.3, -0.25) is 0 Å². The summed E-state index contributed by atoms with van der Waals surface area (Å²) in [6.07, 6.45) is 2.05. The Balaban J connectivity index is 2.67. The van der Waals surface area contributed by atoms with Crippen LogP contribution in [0.2, 0.25) is 0 Å². The third kappa shape index (κ3) is 4.79. The van der Waals surface area contributed by atoms with Crippen LogP contribution in [-0.4, -0.2) is 6.54 Å². The highest BCUT2D eigenvalue weighted by atomic mass is 14.7. The molecule has 0 amide bonds. The normalized spacial score (nSPS) is 13.9. The Hall–Kier alpha value is -0.860. The summed E-state index contributed by atoms with van der Waals surface area (Å²) < 4.78 is 0. The lowest BCUT2D eigenvalue weighted by Gasteiger charge is -2.26. The Morgan fingerprint density at radius 3 is 2.11 bits per heavy atom. The summed E-state index contributed by atoms with van der Waals surface area (Å²) in [4.78, 5) is 0. The summed E-state index contributed by atoms with van der Waals surface area (Å²) in [5.74, 6) is 0.695. The molecular formula is C16H28N2. The van der Waals surface area contributed by atoms with E-state index in [0.29, 0.717) is 12.5 Å². The van der Waals surface area contributed by atoms with Crippen molar-refractivity contribution >= 4 is 0 Å². The molecule has 2 nitrogen and oxygen atoms in total. The summed E-state index contributed by atoms with van der Waals surface area (Å²) in [6.45, 7) is 9.49. The summed E-state index contributed by atoms with van der Waals surface area (Å²) in [6, 6.07) is 8.80. The zero-order chi connectivity index (χ0) is 13.8. The van der Waals surface area contributed by atoms with Crippen molar-refractivity contribution in [3.05, 3.63) is 35.4 Å². The molecule has 0 heterocycles. The molecular weight excluding hydrogens is 220 g/mol. The van der Waals surface area contributed by atoms with E-state index >= 15 is 0 Å². The third-order valence-corrected chi connectivity index (χ3v) is 3.38. The van der Waals surface area contributed by atoms with Crippen LogP contribution in [0.5, 0.6) is 0 Å². The topological polar surface area (TPSA) is 52.0 Å². The minimum absolute atomic E-state index is 0.0802. The van der Waals surface area contributed by atoms with Crippen LogP contribution in [0.4, 0.5) is 0 Å². The highest BCUT2D eigenvalue weighted by Gasteiger charge is 2.20. The number of benzene rings is 1. The van der Waals surface area contributed by atoms with Crippen LogP contribution in [0.3, 0.4) is 0 Å². The molecule has 18 heavy (non-hydrogen) atoms. The molecule has 0 saturated carbocycles. The van der Waals surface area contributed by atoms with E-state index in [0.717, 1.165) is 12.8 Å². The molecule has 1 unspecified atom stereocenters. The molecule has 102 valence electrons. The summed E-state index contributed by atoms with van der Waals surface area (Å²) in [7, 11) is 0. The van der Waals surface area contributed by atoms with E-state index in [1.807, 2.05) is 0 Å². The average molecular weight is 248 g/mol. The smallest absolute Gasteiger partial charge is 0.0300 e. The summed E-state index contributed by atoms with van der Waals surface area (Å²) in [5.41, 5.74) is 14.7. The molecule has 1 aromatic carbocycles. The van der Waals surface area contributed by atoms with E-state index in [4.69, 9.17) is 11.5 Å². The third-order valence-electron chi connectivity index (χ3n) is 3.38. The fraction of sp³-hybridized carbons (Fsp3) is 0.625. The summed E-state index contributed by atoms with van der Waals surface area (Å²) >= 11 is 0. The van der Waals surface area contributed by atoms with E-state index < -0.39 is 0 Å². The zero-order valence-corrected chi connectivity index (χ0v) is 12.2. The molecule has 1 rings (SSSR count). The van der Waals surface area contributed by atoms with Gasteiger partial charge < -0.3 is 11.5 Å². The average Bonchev–Trinajstić information content (AvgIpc) is 2.28. The minimum atomic E-state index is 0.0802. The Morgan fingerprint density at radius 2 is 1.67 bits per heavy atom. The molecule has 0 bridgehead atoms. The molecule has 0 fully saturated rings. The van der Waals surface area contributed by atoms with E-state index in [2.05, 4.69) is 52.0 Å². The monoisotopic (exact) mass is 248 g/mol. The van der Waals surface area contributed by atoms with E-state index in [1.54, 1.807) is 0 Å². The van der Waals surface area contributed by atoms with Crippen molar-refractivity contribution in [3.63, 3.8) is 0 Å². The van der Waals surface area contributed by atoms with Gasteiger partial charge in [0.25, 0.3) is 0 Å². The first-order valence-electron chi connectivity index (χ1n) is 6.88. The van der Waals surface area contributed by atoms with Crippen LogP contribution in [-0.2, 0) is 6.42 Å². The van der Waals surface area contributed by atoms with Gasteiger partial charge in [0.2, 0.25) is 0 Å². The molecule has 2 heteroatoms. The Kier molecular flexibility index (Phi) is 5.36. The van der Waals surface area contributed by atoms with Gasteiger partial charge in [-0.1, -0.05) is 52.0 Å². The summed E-state index contributed by atoms with van der Waals surface area (Å²) in [5, 5.41) is 0. The van der Waals surface area contributed by atoms with Gasteiger partial charge in [-0.2, -0.15) is 0 Å². The van der Waals surface area contributed by atoms with Gasteiger partial charge in [0.15, 0.2) is 0 Å². The van der Waals surface area contributed by atoms with Gasteiger partial charge in [-0.05, 0) is 41.8 Å². The van der Waals surface area contributed by atoms with E-state index in [1.165, 1.54) is 11.1 Å². The van der Waals surface area contributed by atoms with Crippen LogP contribution in [0.15, 0.2) is 24.3 Å². The Morgan fingerprint density at radius 1 is 1.11 bits per heavy atom. The molecule has 0 aliphatic rings. The lowest BCUT2D eigenvalue weighted by Crippen LogP contribution is -2.28. The quantitative estimate of drug-likeness (QED) is 0.812. The lowest BCUT2D eigenvalue weighted by molar-refractivity contribution is 0.317. The molecule has 0 saturated heterocycles. The number of hydrogen-bond acceptors (Lipinski definition) is 2. The van der Waals surface area contributed by atoms with E-state index in [9.17, 15) is 0 Å². The molecule has 0 radical (unpaired) electrons. The molecule has 0 spiro atoms. The predicted octanol–water partition coefficient (Wildman–Crippen LogP) is 3.26. The number of nitrogens with two attached hydrogens (primary N) is 2. The van der Waals surface area contributed by atoms with Crippen molar-refractivity contribution in [2.45, 2.75) is 46.6 Å². The maximum Gasteiger partial charge on any atom is 0.0300 e. The highest BCUT2D eigenvalue weighted by Crippen LogP contribution is 2.27. The van der Waals surface area contributed by atoms with Crippen LogP contribution in [0.1, 0.15) is 51.3 Å². The molecule has 0 aliphatic heterocycles. The second-order valence-electron chi connectivity index (χ2n) is 6.52. The maximum atomic E-state index is 6.25. The highest BCUT2D eigenvalue weighted by molar-refractivity contribution is 5.25. The van der Waals surface area contributed by atoms with Crippen molar-refractivity contribution in [1.29, 1.82) is 0 Å². The van der Waals surface area contributed by atoms with Crippen molar-refractivity contribution in [3.8, 4) is 0 Å². The number of rotatable bonds is 6. The fourth-order valence-corrected chi connectivity index (χ4v) is 2.17. The first-order chi connectivity index (χ1) is 8.34. The van der Waals surface area contributed by atoms with Crippen molar-refractivity contribution in [2.75, 3.05) is 6.54 Å². The first kappa shape index (κ1) is 15.2. The lowest BCUT2D eigenvalue weighted by atomic mass is 9.84. The number of hydrogen-bond donors (Lipinski definition) is 2. The second kappa shape index (κ2) is 6.35. The minimum Gasteiger partial charge on any atom is -0.330 e. The molecule has 1 atom stereocenters. The van der Waals surface area contributed by atoms with Crippen LogP contribution >= 0.6 is 0 Å². The van der Waals surface area contributed by atoms with Gasteiger partial charge >= 0.3 is 0 Å². The van der Waals surface area contributed by atoms with Gasteiger partial charge in [-0.25, -0.2) is 0 Å². The molecule has 0 aromatic heterocycles. The first-order valence-corrected chi connectivity index (χ1v) is 6.88. The van der Waals surface area contributed by atoms with Crippen molar-refractivity contribution in [1.82, 2.24) is 0 Å². The van der Waals surface area contributed by atoms with Crippen LogP contribution in [0.25, 0.3) is 0 Å². The van der Waals surface area contributed by atoms with E-state index in [-0.39, 0.29) is 11.5 Å².